The van der Waals surface area contributed by atoms with Crippen molar-refractivity contribution in [1.82, 2.24) is 0 Å². The first kappa shape index (κ1) is 22.3. The van der Waals surface area contributed by atoms with Gasteiger partial charge in [0.25, 0.3) is 0 Å². The Bertz CT molecular complexity index is 689. The Morgan fingerprint density at radius 2 is 1.96 bits per heavy atom. The number of aliphatic hydroxyl groups excluding tert-OH is 1. The first-order chi connectivity index (χ1) is 13.0. The van der Waals surface area contributed by atoms with E-state index in [0.29, 0.717) is 24.0 Å². The van der Waals surface area contributed by atoms with Crippen LogP contribution in [0.1, 0.15) is 59.8 Å². The SMILES string of the molecule is CC(=O)OC/C(=C/C(=O)O)CC[C@H]1C(C=O)=C[C@H](O)[C@@H]2C(C)(C)CCC[C@]21C. The molecule has 2 rings (SSSR count). The van der Waals surface area contributed by atoms with Gasteiger partial charge in [-0.1, -0.05) is 27.2 Å². The molecule has 2 aliphatic rings. The van der Waals surface area contributed by atoms with Crippen LogP contribution in [0.3, 0.4) is 0 Å². The van der Waals surface area contributed by atoms with Crippen LogP contribution in [-0.4, -0.2) is 41.1 Å². The molecule has 1 fully saturated rings. The summed E-state index contributed by atoms with van der Waals surface area (Å²) in [4.78, 5) is 34.0. The van der Waals surface area contributed by atoms with Gasteiger partial charge in [-0.25, -0.2) is 4.79 Å². The molecule has 0 aliphatic heterocycles. The first-order valence-electron chi connectivity index (χ1n) is 9.92. The maximum absolute atomic E-state index is 11.8. The van der Waals surface area contributed by atoms with Crippen molar-refractivity contribution in [3.8, 4) is 0 Å². The molecule has 0 heterocycles. The molecular formula is C22H32O6. The van der Waals surface area contributed by atoms with Gasteiger partial charge >= 0.3 is 11.9 Å². The lowest BCUT2D eigenvalue weighted by Crippen LogP contribution is -2.54. The van der Waals surface area contributed by atoms with Gasteiger partial charge in [0, 0.05) is 13.0 Å². The molecule has 0 aromatic rings. The van der Waals surface area contributed by atoms with Crippen molar-refractivity contribution in [2.45, 2.75) is 65.9 Å². The minimum absolute atomic E-state index is 0.0304. The number of hydrogen-bond donors (Lipinski definition) is 2. The summed E-state index contributed by atoms with van der Waals surface area (Å²) in [5, 5.41) is 19.9. The number of aldehydes is 1. The Balaban J connectivity index is 2.30. The summed E-state index contributed by atoms with van der Waals surface area (Å²) < 4.78 is 4.99. The monoisotopic (exact) mass is 392 g/mol. The summed E-state index contributed by atoms with van der Waals surface area (Å²) >= 11 is 0. The highest BCUT2D eigenvalue weighted by Crippen LogP contribution is 2.60. The lowest BCUT2D eigenvalue weighted by Gasteiger charge is -2.58. The van der Waals surface area contributed by atoms with Gasteiger partial charge in [-0.05, 0) is 65.6 Å². The van der Waals surface area contributed by atoms with E-state index in [9.17, 15) is 19.5 Å². The molecule has 156 valence electrons. The average molecular weight is 392 g/mol. The molecule has 28 heavy (non-hydrogen) atoms. The second-order valence-corrected chi connectivity index (χ2v) is 9.11. The van der Waals surface area contributed by atoms with Crippen LogP contribution in [0, 0.1) is 22.7 Å². The highest BCUT2D eigenvalue weighted by Gasteiger charge is 2.55. The molecule has 0 amide bonds. The molecule has 0 bridgehead atoms. The third-order valence-corrected chi connectivity index (χ3v) is 6.67. The number of allylic oxidation sites excluding steroid dienone is 1. The topological polar surface area (TPSA) is 101 Å². The van der Waals surface area contributed by atoms with Crippen LogP contribution in [-0.2, 0) is 19.1 Å². The minimum Gasteiger partial charge on any atom is -0.478 e. The van der Waals surface area contributed by atoms with Gasteiger partial charge in [-0.2, -0.15) is 0 Å². The summed E-state index contributed by atoms with van der Waals surface area (Å²) in [5.74, 6) is -1.60. The van der Waals surface area contributed by atoms with Crippen LogP contribution in [0.4, 0.5) is 0 Å². The molecule has 6 heteroatoms. The van der Waals surface area contributed by atoms with Crippen LogP contribution in [0.2, 0.25) is 0 Å². The number of aliphatic hydroxyl groups is 1. The number of carboxylic acids is 1. The Kier molecular flexibility index (Phi) is 6.86. The zero-order valence-corrected chi connectivity index (χ0v) is 17.2. The van der Waals surface area contributed by atoms with Gasteiger partial charge < -0.3 is 14.9 Å². The van der Waals surface area contributed by atoms with E-state index in [1.54, 1.807) is 6.08 Å². The second kappa shape index (κ2) is 8.60. The minimum atomic E-state index is -1.09. The van der Waals surface area contributed by atoms with Crippen LogP contribution in [0.5, 0.6) is 0 Å². The Morgan fingerprint density at radius 1 is 1.29 bits per heavy atom. The molecule has 0 unspecified atom stereocenters. The number of ether oxygens (including phenoxy) is 1. The van der Waals surface area contributed by atoms with Crippen molar-refractivity contribution in [3.63, 3.8) is 0 Å². The molecule has 2 aliphatic carbocycles. The summed E-state index contributed by atoms with van der Waals surface area (Å²) in [5.41, 5.74) is 0.801. The number of carboxylic acid groups (broad SMARTS) is 1. The molecule has 2 N–H and O–H groups in total. The molecule has 6 nitrogen and oxygen atoms in total. The molecule has 0 saturated heterocycles. The van der Waals surface area contributed by atoms with Gasteiger partial charge in [0.2, 0.25) is 0 Å². The normalized spacial score (nSPS) is 32.1. The fourth-order valence-corrected chi connectivity index (χ4v) is 5.66. The largest absolute Gasteiger partial charge is 0.478 e. The summed E-state index contributed by atoms with van der Waals surface area (Å²) in [6.07, 6.45) is 6.87. The maximum atomic E-state index is 11.8. The molecule has 0 radical (unpaired) electrons. The van der Waals surface area contributed by atoms with E-state index in [-0.39, 0.29) is 29.3 Å². The van der Waals surface area contributed by atoms with E-state index in [2.05, 4.69) is 20.8 Å². The van der Waals surface area contributed by atoms with E-state index < -0.39 is 18.0 Å². The first-order valence-corrected chi connectivity index (χ1v) is 9.92. The number of rotatable bonds is 7. The fourth-order valence-electron chi connectivity index (χ4n) is 5.66. The van der Waals surface area contributed by atoms with E-state index in [1.165, 1.54) is 6.92 Å². The van der Waals surface area contributed by atoms with Gasteiger partial charge in [0.15, 0.2) is 0 Å². The highest BCUT2D eigenvalue weighted by atomic mass is 16.5. The van der Waals surface area contributed by atoms with E-state index in [4.69, 9.17) is 9.84 Å². The number of aliphatic carboxylic acids is 1. The Labute approximate surface area is 166 Å². The summed E-state index contributed by atoms with van der Waals surface area (Å²) in [6, 6.07) is 0. The van der Waals surface area contributed by atoms with Crippen molar-refractivity contribution in [2.75, 3.05) is 6.61 Å². The van der Waals surface area contributed by atoms with Gasteiger partial charge in [-0.3, -0.25) is 9.59 Å². The van der Waals surface area contributed by atoms with Crippen LogP contribution in [0.25, 0.3) is 0 Å². The lowest BCUT2D eigenvalue weighted by atomic mass is 9.47. The van der Waals surface area contributed by atoms with Crippen LogP contribution >= 0.6 is 0 Å². The molecule has 0 aromatic heterocycles. The molecule has 0 aromatic carbocycles. The Morgan fingerprint density at radius 3 is 2.54 bits per heavy atom. The van der Waals surface area contributed by atoms with Crippen LogP contribution in [0.15, 0.2) is 23.3 Å². The van der Waals surface area contributed by atoms with E-state index >= 15 is 0 Å². The van der Waals surface area contributed by atoms with Crippen molar-refractivity contribution >= 4 is 18.2 Å². The van der Waals surface area contributed by atoms with Crippen molar-refractivity contribution in [3.05, 3.63) is 23.3 Å². The predicted molar refractivity (Wildman–Crippen MR) is 104 cm³/mol. The van der Waals surface area contributed by atoms with E-state index in [0.717, 1.165) is 31.6 Å². The van der Waals surface area contributed by atoms with Gasteiger partial charge in [-0.15, -0.1) is 0 Å². The number of hydrogen-bond acceptors (Lipinski definition) is 5. The molecular weight excluding hydrogens is 360 g/mol. The maximum Gasteiger partial charge on any atom is 0.328 e. The quantitative estimate of drug-likeness (QED) is 0.392. The fraction of sp³-hybridized carbons (Fsp3) is 0.682. The Hall–Kier alpha value is -1.95. The zero-order chi connectivity index (χ0) is 21.1. The molecule has 0 spiro atoms. The standard InChI is InChI=1S/C22H32O6/c1-14(24)28-13-15(10-19(26)27)6-7-17-16(12-23)11-18(25)20-21(2,3)8-5-9-22(17,20)4/h10-12,17-18,20,25H,5-9,13H2,1-4H3,(H,26,27)/b15-10+/t17-,18-,20+,22-/m0/s1. The smallest absolute Gasteiger partial charge is 0.328 e. The van der Waals surface area contributed by atoms with Crippen molar-refractivity contribution < 1.29 is 29.3 Å². The molecule has 4 atom stereocenters. The summed E-state index contributed by atoms with van der Waals surface area (Å²) in [7, 11) is 0. The van der Waals surface area contributed by atoms with Gasteiger partial charge in [0.1, 0.15) is 12.9 Å². The number of carbonyl (C=O) groups excluding carboxylic acids is 2. The average Bonchev–Trinajstić information content (AvgIpc) is 2.56. The zero-order valence-electron chi connectivity index (χ0n) is 17.2. The third-order valence-electron chi connectivity index (χ3n) is 6.67. The van der Waals surface area contributed by atoms with Crippen LogP contribution < -0.4 is 0 Å². The predicted octanol–water partition coefficient (Wildman–Crippen LogP) is 3.29. The lowest BCUT2D eigenvalue weighted by molar-refractivity contribution is -0.140. The number of esters is 1. The number of carbonyl (C=O) groups is 3. The summed E-state index contributed by atoms with van der Waals surface area (Å²) in [6.45, 7) is 7.71. The van der Waals surface area contributed by atoms with Crippen molar-refractivity contribution in [2.24, 2.45) is 22.7 Å². The number of fused-ring (bicyclic) bond motifs is 1. The third kappa shape index (κ3) is 4.72. The van der Waals surface area contributed by atoms with Crippen molar-refractivity contribution in [1.29, 1.82) is 0 Å². The van der Waals surface area contributed by atoms with Gasteiger partial charge in [0.05, 0.1) is 6.10 Å². The van der Waals surface area contributed by atoms with E-state index in [1.807, 2.05) is 0 Å². The second-order valence-electron chi connectivity index (χ2n) is 9.11. The highest BCUT2D eigenvalue weighted by molar-refractivity contribution is 5.81. The molecule has 1 saturated carbocycles.